The number of hydrogen-bond donors (Lipinski definition) is 1. The topological polar surface area (TPSA) is 55.8 Å². The highest BCUT2D eigenvalue weighted by Crippen LogP contribution is 2.30. The van der Waals surface area contributed by atoms with Crippen LogP contribution in [-0.2, 0) is 11.0 Å². The van der Waals surface area contributed by atoms with E-state index in [1.807, 2.05) is 31.4 Å². The van der Waals surface area contributed by atoms with E-state index < -0.39 is 24.3 Å². The molecule has 0 aliphatic heterocycles. The van der Waals surface area contributed by atoms with Crippen molar-refractivity contribution < 1.29 is 32.5 Å². The van der Waals surface area contributed by atoms with Gasteiger partial charge in [-0.05, 0) is 72.9 Å². The van der Waals surface area contributed by atoms with Gasteiger partial charge in [-0.2, -0.15) is 13.2 Å². The summed E-state index contributed by atoms with van der Waals surface area (Å²) in [6.07, 6.45) is -4.36. The summed E-state index contributed by atoms with van der Waals surface area (Å²) in [5.74, 6) is -0.163. The van der Waals surface area contributed by atoms with Crippen LogP contribution in [0.4, 0.5) is 13.2 Å². The maximum Gasteiger partial charge on any atom is 0.416 e. The lowest BCUT2D eigenvalue weighted by atomic mass is 10.2. The third kappa shape index (κ3) is 6.84. The molecule has 1 N–H and O–H groups in total. The molecule has 0 aliphatic rings. The van der Waals surface area contributed by atoms with Crippen LogP contribution in [0.1, 0.15) is 18.1 Å². The lowest BCUT2D eigenvalue weighted by Crippen LogP contribution is -2.09. The van der Waals surface area contributed by atoms with Crippen LogP contribution in [0.25, 0.3) is 0 Å². The molecular formula is C20H19F3O4S. The largest absolute Gasteiger partial charge is 0.489 e. The van der Waals surface area contributed by atoms with E-state index in [9.17, 15) is 18.0 Å². The summed E-state index contributed by atoms with van der Waals surface area (Å²) in [5, 5.41) is 10.5. The van der Waals surface area contributed by atoms with Crippen molar-refractivity contribution in [2.75, 3.05) is 13.2 Å². The number of halogens is 3. The first-order valence-electron chi connectivity index (χ1n) is 8.23. The number of carboxylic acid groups (broad SMARTS) is 1. The zero-order chi connectivity index (χ0) is 20.7. The fourth-order valence-electron chi connectivity index (χ4n) is 2.14. The highest BCUT2D eigenvalue weighted by atomic mass is 32.2. The van der Waals surface area contributed by atoms with Crippen LogP contribution >= 0.6 is 11.8 Å². The number of alkyl halides is 3. The minimum Gasteiger partial charge on any atom is -0.489 e. The molecule has 0 saturated heterocycles. The molecule has 0 bridgehead atoms. The number of ether oxygens (including phenoxy) is 2. The highest BCUT2D eigenvalue weighted by Gasteiger charge is 2.29. The van der Waals surface area contributed by atoms with Crippen LogP contribution in [-0.4, -0.2) is 24.3 Å². The molecule has 0 amide bonds. The Kier molecular flexibility index (Phi) is 7.39. The maximum absolute atomic E-state index is 12.5. The van der Waals surface area contributed by atoms with Gasteiger partial charge in [0.15, 0.2) is 6.61 Å². The summed E-state index contributed by atoms with van der Waals surface area (Å²) in [4.78, 5) is 11.5. The molecule has 0 aliphatic carbocycles. The average Bonchev–Trinajstić information content (AvgIpc) is 2.63. The lowest BCUT2D eigenvalue weighted by Gasteiger charge is -2.10. The van der Waals surface area contributed by atoms with Gasteiger partial charge in [-0.1, -0.05) is 11.8 Å². The van der Waals surface area contributed by atoms with E-state index in [-0.39, 0.29) is 6.61 Å². The summed E-state index contributed by atoms with van der Waals surface area (Å²) in [5.41, 5.74) is 1.00. The Morgan fingerprint density at radius 2 is 1.79 bits per heavy atom. The molecule has 0 atom stereocenters. The van der Waals surface area contributed by atoms with Gasteiger partial charge in [0.1, 0.15) is 18.1 Å². The number of aryl methyl sites for hydroxylation is 1. The molecule has 4 nitrogen and oxygen atoms in total. The van der Waals surface area contributed by atoms with Gasteiger partial charge >= 0.3 is 12.1 Å². The van der Waals surface area contributed by atoms with Gasteiger partial charge < -0.3 is 14.6 Å². The number of thioether (sulfide) groups is 1. The molecule has 0 radical (unpaired) electrons. The molecule has 28 heavy (non-hydrogen) atoms. The third-order valence-corrected chi connectivity index (χ3v) is 4.59. The molecule has 2 aromatic rings. The highest BCUT2D eigenvalue weighted by molar-refractivity contribution is 8.02. The van der Waals surface area contributed by atoms with Gasteiger partial charge in [0.05, 0.1) is 5.56 Å². The molecule has 2 aromatic carbocycles. The van der Waals surface area contributed by atoms with Gasteiger partial charge in [-0.25, -0.2) is 4.79 Å². The van der Waals surface area contributed by atoms with Crippen molar-refractivity contribution in [3.63, 3.8) is 0 Å². The zero-order valence-electron chi connectivity index (χ0n) is 15.2. The van der Waals surface area contributed by atoms with E-state index in [0.717, 1.165) is 28.2 Å². The van der Waals surface area contributed by atoms with Gasteiger partial charge in [-0.15, -0.1) is 0 Å². The average molecular weight is 412 g/mol. The molecule has 2 rings (SSSR count). The first kappa shape index (κ1) is 21.7. The van der Waals surface area contributed by atoms with E-state index in [1.54, 1.807) is 6.07 Å². The summed E-state index contributed by atoms with van der Waals surface area (Å²) in [6.45, 7) is 3.53. The summed E-state index contributed by atoms with van der Waals surface area (Å²) in [7, 11) is 0. The molecule has 0 spiro atoms. The second-order valence-corrected chi connectivity index (χ2v) is 6.95. The van der Waals surface area contributed by atoms with Crippen LogP contribution < -0.4 is 9.47 Å². The first-order chi connectivity index (χ1) is 13.1. The monoisotopic (exact) mass is 412 g/mol. The molecule has 150 valence electrons. The van der Waals surface area contributed by atoms with Crippen LogP contribution in [0.3, 0.4) is 0 Å². The van der Waals surface area contributed by atoms with Crippen molar-refractivity contribution >= 4 is 17.7 Å². The van der Waals surface area contributed by atoms with Crippen molar-refractivity contribution in [1.29, 1.82) is 0 Å². The number of hydrogen-bond acceptors (Lipinski definition) is 4. The van der Waals surface area contributed by atoms with Gasteiger partial charge in [0.2, 0.25) is 0 Å². The number of rotatable bonds is 8. The molecule has 0 aromatic heterocycles. The van der Waals surface area contributed by atoms with E-state index in [1.165, 1.54) is 23.9 Å². The summed E-state index contributed by atoms with van der Waals surface area (Å²) < 4.78 is 48.3. The van der Waals surface area contributed by atoms with E-state index in [0.29, 0.717) is 11.5 Å². The number of carbonyl (C=O) groups is 1. The third-order valence-electron chi connectivity index (χ3n) is 3.54. The summed E-state index contributed by atoms with van der Waals surface area (Å²) in [6, 6.07) is 9.96. The van der Waals surface area contributed by atoms with E-state index >= 15 is 0 Å². The zero-order valence-corrected chi connectivity index (χ0v) is 16.1. The van der Waals surface area contributed by atoms with Crippen molar-refractivity contribution in [2.45, 2.75) is 24.9 Å². The Morgan fingerprint density at radius 3 is 2.36 bits per heavy atom. The Hall–Kier alpha value is -2.61. The van der Waals surface area contributed by atoms with Crippen molar-refractivity contribution in [3.05, 3.63) is 64.6 Å². The molecule has 0 unspecified atom stereocenters. The smallest absolute Gasteiger partial charge is 0.416 e. The first-order valence-corrected chi connectivity index (χ1v) is 9.10. The van der Waals surface area contributed by atoms with Gasteiger partial charge in [-0.3, -0.25) is 0 Å². The normalized spacial score (nSPS) is 12.0. The molecule has 0 saturated carbocycles. The Labute approximate surface area is 165 Å². The minimum absolute atomic E-state index is 0.247. The van der Waals surface area contributed by atoms with E-state index in [2.05, 4.69) is 0 Å². The van der Waals surface area contributed by atoms with E-state index in [4.69, 9.17) is 14.6 Å². The fourth-order valence-corrected chi connectivity index (χ4v) is 2.93. The second kappa shape index (κ2) is 9.54. The number of carboxylic acids is 1. The van der Waals surface area contributed by atoms with Crippen LogP contribution in [0.15, 0.2) is 58.3 Å². The van der Waals surface area contributed by atoms with Crippen molar-refractivity contribution in [2.24, 2.45) is 0 Å². The minimum atomic E-state index is -4.36. The predicted octanol–water partition coefficient (Wildman–Crippen LogP) is 5.55. The Bertz CT molecular complexity index is 846. The quantitative estimate of drug-likeness (QED) is 0.576. The van der Waals surface area contributed by atoms with Crippen molar-refractivity contribution in [3.8, 4) is 11.5 Å². The van der Waals surface area contributed by atoms with Crippen molar-refractivity contribution in [1.82, 2.24) is 0 Å². The molecule has 0 fully saturated rings. The fraction of sp³-hybridized carbons (Fsp3) is 0.250. The summed E-state index contributed by atoms with van der Waals surface area (Å²) >= 11 is 1.45. The molecular weight excluding hydrogens is 393 g/mol. The molecule has 8 heteroatoms. The van der Waals surface area contributed by atoms with Crippen LogP contribution in [0.2, 0.25) is 0 Å². The number of aliphatic carboxylic acids is 1. The lowest BCUT2D eigenvalue weighted by molar-refractivity contribution is -0.139. The van der Waals surface area contributed by atoms with Gasteiger partial charge in [0.25, 0.3) is 0 Å². The standard InChI is InChI=1S/C20H19F3O4S/c1-13(10-26-16-5-3-15(4-6-16)20(21,22)23)12-28-17-7-8-18(14(2)9-17)27-11-19(24)25/h3-9,12H,10-11H2,1-2H3,(H,24,25)/b13-12+. The second-order valence-electron chi connectivity index (χ2n) is 6.00. The maximum atomic E-state index is 12.5. The Morgan fingerprint density at radius 1 is 1.11 bits per heavy atom. The Balaban J connectivity index is 1.88. The van der Waals surface area contributed by atoms with Gasteiger partial charge in [0, 0.05) is 4.90 Å². The van der Waals surface area contributed by atoms with Crippen LogP contribution in [0, 0.1) is 6.92 Å². The number of benzene rings is 2. The SMILES string of the molecule is C/C(=C\Sc1ccc(OCC(=O)O)c(C)c1)COc1ccc(C(F)(F)F)cc1. The van der Waals surface area contributed by atoms with Crippen LogP contribution in [0.5, 0.6) is 11.5 Å². The predicted molar refractivity (Wildman–Crippen MR) is 101 cm³/mol. The molecule has 0 heterocycles.